The molecule has 0 bridgehead atoms. The first kappa shape index (κ1) is 15.2. The normalized spacial score (nSPS) is 11.7. The van der Waals surface area contributed by atoms with Crippen LogP contribution in [0.25, 0.3) is 0 Å². The number of nitrogens with zero attached hydrogens (tertiary/aromatic N) is 1. The summed E-state index contributed by atoms with van der Waals surface area (Å²) in [5.74, 6) is 0. The molecule has 0 aliphatic heterocycles. The molecule has 3 N–H and O–H groups in total. The van der Waals surface area contributed by atoms with E-state index in [4.69, 9.17) is 5.73 Å². The summed E-state index contributed by atoms with van der Waals surface area (Å²) in [6, 6.07) is 0.150. The van der Waals surface area contributed by atoms with Crippen LogP contribution in [-0.4, -0.2) is 35.6 Å². The highest BCUT2D eigenvalue weighted by Crippen LogP contribution is 2.22. The molecule has 0 aliphatic rings. The fraction of sp³-hybridized carbons (Fsp3) is 0.917. The minimum absolute atomic E-state index is 0.00773. The smallest absolute Gasteiger partial charge is 0.318 e. The van der Waals surface area contributed by atoms with Crippen LogP contribution in [0.2, 0.25) is 0 Å². The van der Waals surface area contributed by atoms with Crippen molar-refractivity contribution in [3.8, 4) is 0 Å². The molecule has 16 heavy (non-hydrogen) atoms. The Morgan fingerprint density at radius 3 is 2.06 bits per heavy atom. The van der Waals surface area contributed by atoms with Gasteiger partial charge in [0.1, 0.15) is 0 Å². The molecule has 0 rings (SSSR count). The van der Waals surface area contributed by atoms with E-state index in [2.05, 4.69) is 19.2 Å². The molecule has 0 atom stereocenters. The summed E-state index contributed by atoms with van der Waals surface area (Å²) in [5, 5.41) is 2.93. The summed E-state index contributed by atoms with van der Waals surface area (Å²) < 4.78 is 0. The van der Waals surface area contributed by atoms with Gasteiger partial charge in [-0.05, 0) is 33.6 Å². The average molecular weight is 229 g/mol. The van der Waals surface area contributed by atoms with Crippen molar-refractivity contribution in [3.63, 3.8) is 0 Å². The van der Waals surface area contributed by atoms with Crippen LogP contribution in [-0.2, 0) is 0 Å². The van der Waals surface area contributed by atoms with Gasteiger partial charge >= 0.3 is 6.03 Å². The number of carbonyl (C=O) groups is 1. The number of nitrogens with two attached hydrogens (primary N) is 1. The maximum Gasteiger partial charge on any atom is 0.318 e. The van der Waals surface area contributed by atoms with Gasteiger partial charge in [0.2, 0.25) is 0 Å². The lowest BCUT2D eigenvalue weighted by atomic mass is 9.91. The number of urea groups is 1. The van der Waals surface area contributed by atoms with Gasteiger partial charge in [-0.2, -0.15) is 0 Å². The van der Waals surface area contributed by atoms with Crippen LogP contribution in [0.1, 0.15) is 47.5 Å². The van der Waals surface area contributed by atoms with Gasteiger partial charge in [-0.25, -0.2) is 4.79 Å². The van der Waals surface area contributed by atoms with E-state index in [0.29, 0.717) is 13.1 Å². The third kappa shape index (κ3) is 3.37. The Morgan fingerprint density at radius 1 is 1.31 bits per heavy atom. The molecular formula is C12H27N3O. The van der Waals surface area contributed by atoms with Gasteiger partial charge in [-0.15, -0.1) is 0 Å². The van der Waals surface area contributed by atoms with Crippen molar-refractivity contribution < 1.29 is 4.79 Å². The molecule has 0 aliphatic carbocycles. The van der Waals surface area contributed by atoms with E-state index in [-0.39, 0.29) is 17.6 Å². The van der Waals surface area contributed by atoms with Crippen molar-refractivity contribution in [1.82, 2.24) is 10.2 Å². The Balaban J connectivity index is 4.86. The zero-order valence-electron chi connectivity index (χ0n) is 11.3. The lowest BCUT2D eigenvalue weighted by molar-refractivity contribution is 0.111. The number of likely N-dealkylation sites (N-methyl/N-ethyl adjacent to an activating group) is 1. The first-order chi connectivity index (χ1) is 7.47. The highest BCUT2D eigenvalue weighted by atomic mass is 16.2. The zero-order chi connectivity index (χ0) is 12.8. The Morgan fingerprint density at radius 2 is 1.81 bits per heavy atom. The van der Waals surface area contributed by atoms with Crippen LogP contribution in [0.3, 0.4) is 0 Å². The standard InChI is InChI=1S/C12H27N3O/c1-6-12(7-2,9-13)15(8-3)11(16)14-10(4)5/h10H,6-9,13H2,1-5H3,(H,14,16). The van der Waals surface area contributed by atoms with Gasteiger partial charge in [-0.3, -0.25) is 0 Å². The summed E-state index contributed by atoms with van der Waals surface area (Å²) in [5.41, 5.74) is 5.65. The van der Waals surface area contributed by atoms with Crippen LogP contribution in [0.15, 0.2) is 0 Å². The molecule has 0 aromatic heterocycles. The summed E-state index contributed by atoms with van der Waals surface area (Å²) >= 11 is 0. The largest absolute Gasteiger partial charge is 0.336 e. The van der Waals surface area contributed by atoms with Gasteiger partial charge in [0, 0.05) is 19.1 Å². The molecule has 0 radical (unpaired) electrons. The third-order valence-corrected chi connectivity index (χ3v) is 3.24. The minimum Gasteiger partial charge on any atom is -0.336 e. The summed E-state index contributed by atoms with van der Waals surface area (Å²) in [6.45, 7) is 11.3. The molecule has 0 saturated carbocycles. The number of hydrogen-bond donors (Lipinski definition) is 2. The second-order valence-corrected chi connectivity index (χ2v) is 4.48. The van der Waals surface area contributed by atoms with Gasteiger partial charge in [0.25, 0.3) is 0 Å². The number of rotatable bonds is 6. The second kappa shape index (κ2) is 6.74. The van der Waals surface area contributed by atoms with Crippen molar-refractivity contribution in [1.29, 1.82) is 0 Å². The average Bonchev–Trinajstić information content (AvgIpc) is 2.24. The van der Waals surface area contributed by atoms with Crippen molar-refractivity contribution in [2.45, 2.75) is 59.0 Å². The maximum absolute atomic E-state index is 12.1. The van der Waals surface area contributed by atoms with Crippen molar-refractivity contribution in [3.05, 3.63) is 0 Å². The van der Waals surface area contributed by atoms with Gasteiger partial charge in [0.15, 0.2) is 0 Å². The Hall–Kier alpha value is -0.770. The number of hydrogen-bond acceptors (Lipinski definition) is 2. The van der Waals surface area contributed by atoms with Crippen LogP contribution >= 0.6 is 0 Å². The molecule has 96 valence electrons. The predicted molar refractivity (Wildman–Crippen MR) is 68.4 cm³/mol. The molecule has 2 amide bonds. The molecule has 0 spiro atoms. The van der Waals surface area contributed by atoms with Crippen LogP contribution < -0.4 is 11.1 Å². The molecule has 0 aromatic rings. The van der Waals surface area contributed by atoms with Crippen LogP contribution in [0, 0.1) is 0 Å². The maximum atomic E-state index is 12.1. The Bertz CT molecular complexity index is 204. The van der Waals surface area contributed by atoms with Crippen molar-refractivity contribution >= 4 is 6.03 Å². The number of carbonyl (C=O) groups excluding carboxylic acids is 1. The summed E-state index contributed by atoms with van der Waals surface area (Å²) in [6.07, 6.45) is 1.78. The molecule has 4 nitrogen and oxygen atoms in total. The molecule has 0 fully saturated rings. The van der Waals surface area contributed by atoms with E-state index < -0.39 is 0 Å². The topological polar surface area (TPSA) is 58.4 Å². The minimum atomic E-state index is -0.201. The van der Waals surface area contributed by atoms with Gasteiger partial charge in [0.05, 0.1) is 5.54 Å². The van der Waals surface area contributed by atoms with Crippen LogP contribution in [0.5, 0.6) is 0 Å². The number of nitrogens with one attached hydrogen (secondary N) is 1. The van der Waals surface area contributed by atoms with Crippen molar-refractivity contribution in [2.75, 3.05) is 13.1 Å². The first-order valence-electron chi connectivity index (χ1n) is 6.25. The molecule has 0 aromatic carbocycles. The molecule has 4 heteroatoms. The fourth-order valence-electron chi connectivity index (χ4n) is 2.05. The quantitative estimate of drug-likeness (QED) is 0.731. The lowest BCUT2D eigenvalue weighted by Crippen LogP contribution is -2.59. The van der Waals surface area contributed by atoms with Crippen molar-refractivity contribution in [2.24, 2.45) is 5.73 Å². The lowest BCUT2D eigenvalue weighted by Gasteiger charge is -2.42. The molecule has 0 saturated heterocycles. The van der Waals surface area contributed by atoms with Crippen LogP contribution in [0.4, 0.5) is 4.79 Å². The Labute approximate surface area is 99.6 Å². The SMILES string of the molecule is CCN(C(=O)NC(C)C)C(CC)(CC)CN. The van der Waals surface area contributed by atoms with E-state index in [0.717, 1.165) is 12.8 Å². The first-order valence-corrected chi connectivity index (χ1v) is 6.25. The monoisotopic (exact) mass is 229 g/mol. The molecule has 0 heterocycles. The van der Waals surface area contributed by atoms with E-state index in [1.54, 1.807) is 0 Å². The Kier molecular flexibility index (Phi) is 6.41. The number of amides is 2. The highest BCUT2D eigenvalue weighted by molar-refractivity contribution is 5.75. The summed E-state index contributed by atoms with van der Waals surface area (Å²) in [7, 11) is 0. The van der Waals surface area contributed by atoms with E-state index >= 15 is 0 Å². The van der Waals surface area contributed by atoms with E-state index in [9.17, 15) is 4.79 Å². The zero-order valence-corrected chi connectivity index (χ0v) is 11.3. The molecule has 0 unspecified atom stereocenters. The third-order valence-electron chi connectivity index (χ3n) is 3.24. The van der Waals surface area contributed by atoms with Gasteiger partial charge < -0.3 is 16.0 Å². The second-order valence-electron chi connectivity index (χ2n) is 4.48. The fourth-order valence-corrected chi connectivity index (χ4v) is 2.05. The highest BCUT2D eigenvalue weighted by Gasteiger charge is 2.34. The molecular weight excluding hydrogens is 202 g/mol. The predicted octanol–water partition coefficient (Wildman–Crippen LogP) is 1.94. The van der Waals surface area contributed by atoms with E-state index in [1.165, 1.54) is 0 Å². The van der Waals surface area contributed by atoms with E-state index in [1.807, 2.05) is 25.7 Å². The van der Waals surface area contributed by atoms with Gasteiger partial charge in [-0.1, -0.05) is 13.8 Å². The summed E-state index contributed by atoms with van der Waals surface area (Å²) in [4.78, 5) is 13.9.